The van der Waals surface area contributed by atoms with Gasteiger partial charge in [-0.2, -0.15) is 0 Å². The van der Waals surface area contributed by atoms with Crippen molar-refractivity contribution in [1.82, 2.24) is 10.2 Å². The maximum atomic E-state index is 12.0. The third-order valence-electron chi connectivity index (χ3n) is 4.02. The predicted octanol–water partition coefficient (Wildman–Crippen LogP) is 1.85. The highest BCUT2D eigenvalue weighted by Crippen LogP contribution is 2.18. The first kappa shape index (κ1) is 14.7. The minimum Gasteiger partial charge on any atom is -0.302 e. The van der Waals surface area contributed by atoms with E-state index in [4.69, 9.17) is 0 Å². The second kappa shape index (κ2) is 5.75. The second-order valence-electron chi connectivity index (χ2n) is 5.64. The van der Waals surface area contributed by atoms with Crippen molar-refractivity contribution in [3.63, 3.8) is 0 Å². The Morgan fingerprint density at radius 1 is 1.20 bits per heavy atom. The van der Waals surface area contributed by atoms with Gasteiger partial charge in [0, 0.05) is 20.0 Å². The molecule has 0 bridgehead atoms. The zero-order chi connectivity index (χ0) is 14.9. The second-order valence-corrected chi connectivity index (χ2v) is 5.64. The Kier molecular flexibility index (Phi) is 4.23. The van der Waals surface area contributed by atoms with Crippen LogP contribution in [0.15, 0.2) is 12.1 Å². The summed E-state index contributed by atoms with van der Waals surface area (Å²) in [5.41, 5.74) is 4.97. The molecule has 4 nitrogen and oxygen atoms in total. The Hall–Kier alpha value is -1.68. The molecule has 0 radical (unpaired) electrons. The molecule has 1 saturated heterocycles. The van der Waals surface area contributed by atoms with Crippen LogP contribution in [-0.2, 0) is 16.1 Å². The molecule has 20 heavy (non-hydrogen) atoms. The van der Waals surface area contributed by atoms with Gasteiger partial charge in [0.15, 0.2) is 0 Å². The average Bonchev–Trinajstić information content (AvgIpc) is 2.37. The highest BCUT2D eigenvalue weighted by atomic mass is 16.2. The number of imide groups is 1. The minimum absolute atomic E-state index is 0.0873. The zero-order valence-corrected chi connectivity index (χ0v) is 12.6. The van der Waals surface area contributed by atoms with E-state index >= 15 is 0 Å². The van der Waals surface area contributed by atoms with Crippen LogP contribution in [0.2, 0.25) is 0 Å². The monoisotopic (exact) mass is 274 g/mol. The topological polar surface area (TPSA) is 49.4 Å². The fraction of sp³-hybridized carbons (Fsp3) is 0.500. The number of carbonyl (C=O) groups is 2. The van der Waals surface area contributed by atoms with E-state index in [9.17, 15) is 9.59 Å². The number of rotatable bonds is 3. The van der Waals surface area contributed by atoms with Crippen molar-refractivity contribution >= 4 is 11.8 Å². The van der Waals surface area contributed by atoms with Crippen LogP contribution in [0.1, 0.15) is 35.1 Å². The molecule has 1 unspecified atom stereocenters. The molecule has 0 aliphatic carbocycles. The van der Waals surface area contributed by atoms with Crippen LogP contribution in [0, 0.1) is 20.8 Å². The van der Waals surface area contributed by atoms with Crippen molar-refractivity contribution in [2.45, 2.75) is 46.2 Å². The van der Waals surface area contributed by atoms with Crippen molar-refractivity contribution in [1.29, 1.82) is 0 Å². The molecule has 1 N–H and O–H groups in total. The van der Waals surface area contributed by atoms with Crippen LogP contribution in [0.5, 0.6) is 0 Å². The Labute approximate surface area is 120 Å². The lowest BCUT2D eigenvalue weighted by atomic mass is 9.98. The molecule has 1 aliphatic heterocycles. The van der Waals surface area contributed by atoms with Gasteiger partial charge in [-0.15, -0.1) is 0 Å². The highest BCUT2D eigenvalue weighted by molar-refractivity contribution is 6.00. The molecular weight excluding hydrogens is 252 g/mol. The smallest absolute Gasteiger partial charge is 0.246 e. The fourth-order valence-corrected chi connectivity index (χ4v) is 2.82. The SMILES string of the molecule is Cc1cc(C)c(CNC2CCC(=O)N(C)C2=O)c(C)c1. The molecule has 1 aliphatic rings. The van der Waals surface area contributed by atoms with Gasteiger partial charge in [-0.1, -0.05) is 17.7 Å². The van der Waals surface area contributed by atoms with Crippen LogP contribution >= 0.6 is 0 Å². The number of hydrogen-bond acceptors (Lipinski definition) is 3. The summed E-state index contributed by atoms with van der Waals surface area (Å²) in [7, 11) is 1.56. The molecule has 0 saturated carbocycles. The molecule has 2 amide bonds. The van der Waals surface area contributed by atoms with E-state index < -0.39 is 0 Å². The van der Waals surface area contributed by atoms with E-state index in [-0.39, 0.29) is 17.9 Å². The number of amides is 2. The lowest BCUT2D eigenvalue weighted by Crippen LogP contribution is -2.51. The predicted molar refractivity (Wildman–Crippen MR) is 78.3 cm³/mol. The van der Waals surface area contributed by atoms with Crippen LogP contribution in [0.25, 0.3) is 0 Å². The summed E-state index contributed by atoms with van der Waals surface area (Å²) in [5.74, 6) is -0.209. The van der Waals surface area contributed by atoms with Gasteiger partial charge in [-0.3, -0.25) is 14.5 Å². The molecule has 0 aromatic heterocycles. The molecule has 1 aromatic rings. The van der Waals surface area contributed by atoms with Crippen LogP contribution in [-0.4, -0.2) is 29.8 Å². The van der Waals surface area contributed by atoms with Crippen molar-refractivity contribution in [3.05, 3.63) is 34.4 Å². The Bertz CT molecular complexity index is 528. The maximum absolute atomic E-state index is 12.0. The van der Waals surface area contributed by atoms with Crippen molar-refractivity contribution < 1.29 is 9.59 Å². The largest absolute Gasteiger partial charge is 0.302 e. The summed E-state index contributed by atoms with van der Waals surface area (Å²) < 4.78 is 0. The third kappa shape index (κ3) is 2.90. The summed E-state index contributed by atoms with van der Waals surface area (Å²) in [4.78, 5) is 24.7. The number of nitrogens with zero attached hydrogens (tertiary/aromatic N) is 1. The Balaban J connectivity index is 2.06. The van der Waals surface area contributed by atoms with E-state index in [1.54, 1.807) is 7.05 Å². The first-order valence-electron chi connectivity index (χ1n) is 7.00. The zero-order valence-electron chi connectivity index (χ0n) is 12.6. The molecule has 4 heteroatoms. The molecule has 2 rings (SSSR count). The number of hydrogen-bond donors (Lipinski definition) is 1. The van der Waals surface area contributed by atoms with Gasteiger partial charge in [0.1, 0.15) is 0 Å². The van der Waals surface area contributed by atoms with E-state index in [0.29, 0.717) is 19.4 Å². The van der Waals surface area contributed by atoms with E-state index in [2.05, 4.69) is 38.2 Å². The van der Waals surface area contributed by atoms with E-state index in [1.807, 2.05) is 0 Å². The van der Waals surface area contributed by atoms with Crippen molar-refractivity contribution in [2.24, 2.45) is 0 Å². The number of piperidine rings is 1. The Morgan fingerprint density at radius 2 is 1.80 bits per heavy atom. The molecule has 0 spiro atoms. The number of nitrogens with one attached hydrogen (secondary N) is 1. The molecule has 1 heterocycles. The number of likely N-dealkylation sites (N-methyl/N-ethyl adjacent to an activating group) is 1. The normalized spacial score (nSPS) is 19.6. The molecule has 1 aromatic carbocycles. The maximum Gasteiger partial charge on any atom is 0.246 e. The first-order valence-corrected chi connectivity index (χ1v) is 7.00. The summed E-state index contributed by atoms with van der Waals surface area (Å²) in [6.45, 7) is 6.93. The van der Waals surface area contributed by atoms with Crippen LogP contribution in [0.4, 0.5) is 0 Å². The van der Waals surface area contributed by atoms with Gasteiger partial charge >= 0.3 is 0 Å². The lowest BCUT2D eigenvalue weighted by Gasteiger charge is -2.28. The van der Waals surface area contributed by atoms with Gasteiger partial charge in [-0.05, 0) is 43.9 Å². The number of benzene rings is 1. The Morgan fingerprint density at radius 3 is 2.40 bits per heavy atom. The summed E-state index contributed by atoms with van der Waals surface area (Å²) in [6.07, 6.45) is 1.03. The van der Waals surface area contributed by atoms with Gasteiger partial charge in [-0.25, -0.2) is 0 Å². The van der Waals surface area contributed by atoms with Gasteiger partial charge in [0.05, 0.1) is 6.04 Å². The molecular formula is C16H22N2O2. The van der Waals surface area contributed by atoms with Gasteiger partial charge in [0.25, 0.3) is 0 Å². The minimum atomic E-state index is -0.252. The average molecular weight is 274 g/mol. The summed E-state index contributed by atoms with van der Waals surface area (Å²) in [6, 6.07) is 4.06. The molecule has 1 fully saturated rings. The fourth-order valence-electron chi connectivity index (χ4n) is 2.82. The van der Waals surface area contributed by atoms with Crippen LogP contribution < -0.4 is 5.32 Å². The number of carbonyl (C=O) groups excluding carboxylic acids is 2. The number of aryl methyl sites for hydroxylation is 3. The van der Waals surface area contributed by atoms with Crippen molar-refractivity contribution in [2.75, 3.05) is 7.05 Å². The molecule has 1 atom stereocenters. The summed E-state index contributed by atoms with van der Waals surface area (Å²) >= 11 is 0. The molecule has 108 valence electrons. The highest BCUT2D eigenvalue weighted by Gasteiger charge is 2.31. The number of likely N-dealkylation sites (tertiary alicyclic amines) is 1. The van der Waals surface area contributed by atoms with Gasteiger partial charge in [0.2, 0.25) is 11.8 Å². The van der Waals surface area contributed by atoms with Crippen LogP contribution in [0.3, 0.4) is 0 Å². The van der Waals surface area contributed by atoms with E-state index in [1.165, 1.54) is 27.2 Å². The lowest BCUT2D eigenvalue weighted by molar-refractivity contribution is -0.148. The first-order chi connectivity index (χ1) is 9.40. The third-order valence-corrected chi connectivity index (χ3v) is 4.02. The standard InChI is InChI=1S/C16H22N2O2/c1-10-7-11(2)13(12(3)8-10)9-17-14-5-6-15(19)18(4)16(14)20/h7-8,14,17H,5-6,9H2,1-4H3. The summed E-state index contributed by atoms with van der Waals surface area (Å²) in [5, 5.41) is 3.30. The quantitative estimate of drug-likeness (QED) is 0.856. The van der Waals surface area contributed by atoms with Gasteiger partial charge < -0.3 is 5.32 Å². The van der Waals surface area contributed by atoms with Crippen molar-refractivity contribution in [3.8, 4) is 0 Å². The van der Waals surface area contributed by atoms with E-state index in [0.717, 1.165) is 0 Å².